The van der Waals surface area contributed by atoms with Crippen LogP contribution in [-0.2, 0) is 4.74 Å². The zero-order valence-corrected chi connectivity index (χ0v) is 7.12. The van der Waals surface area contributed by atoms with Crippen molar-refractivity contribution in [2.75, 3.05) is 26.3 Å². The molecule has 1 atom stereocenters. The summed E-state index contributed by atoms with van der Waals surface area (Å²) in [6.45, 7) is 6.84. The van der Waals surface area contributed by atoms with E-state index in [0.29, 0.717) is 0 Å². The number of ether oxygens (including phenoxy) is 1. The molecule has 0 spiro atoms. The molecule has 0 amide bonds. The molecule has 0 aromatic rings. The zero-order chi connectivity index (χ0) is 8.81. The average molecular weight is 163 g/mol. The van der Waals surface area contributed by atoms with Gasteiger partial charge < -0.3 is 4.74 Å². The highest BCUT2D eigenvalue weighted by atomic mass is 16.5. The van der Waals surface area contributed by atoms with Gasteiger partial charge in [-0.2, -0.15) is 0 Å². The Bertz CT molecular complexity index is 216. The van der Waals surface area contributed by atoms with Crippen LogP contribution < -0.4 is 0 Å². The summed E-state index contributed by atoms with van der Waals surface area (Å²) in [4.78, 5) is 2.18. The molecule has 0 bridgehead atoms. The normalized spacial score (nSPS) is 20.6. The summed E-state index contributed by atoms with van der Waals surface area (Å²) >= 11 is 0. The molecular weight excluding hydrogens is 150 g/mol. The fourth-order valence-electron chi connectivity index (χ4n) is 1.23. The van der Waals surface area contributed by atoms with Gasteiger partial charge >= 0.3 is 0 Å². The summed E-state index contributed by atoms with van der Waals surface area (Å²) in [5.74, 6) is 2.68. The number of rotatable bonds is 2. The van der Waals surface area contributed by atoms with Crippen molar-refractivity contribution in [1.29, 1.82) is 0 Å². The van der Waals surface area contributed by atoms with Gasteiger partial charge in [-0.25, -0.2) is 0 Å². The highest BCUT2D eigenvalue weighted by Crippen LogP contribution is 2.03. The lowest BCUT2D eigenvalue weighted by Gasteiger charge is -2.29. The van der Waals surface area contributed by atoms with Gasteiger partial charge in [0.05, 0.1) is 19.3 Å². The quantitative estimate of drug-likeness (QED) is 0.438. The van der Waals surface area contributed by atoms with Crippen LogP contribution in [0.3, 0.4) is 0 Å². The van der Waals surface area contributed by atoms with Gasteiger partial charge in [0.25, 0.3) is 0 Å². The first-order valence-corrected chi connectivity index (χ1v) is 4.02. The highest BCUT2D eigenvalue weighted by Gasteiger charge is 2.15. The van der Waals surface area contributed by atoms with E-state index < -0.39 is 0 Å². The van der Waals surface area contributed by atoms with Gasteiger partial charge in [-0.1, -0.05) is 12.5 Å². The van der Waals surface area contributed by atoms with E-state index in [1.165, 1.54) is 0 Å². The van der Waals surface area contributed by atoms with Crippen molar-refractivity contribution in [3.63, 3.8) is 0 Å². The lowest BCUT2D eigenvalue weighted by atomic mass is 10.2. The maximum absolute atomic E-state index is 5.36. The van der Waals surface area contributed by atoms with E-state index in [2.05, 4.69) is 23.1 Å². The summed E-state index contributed by atoms with van der Waals surface area (Å²) in [6, 6.07) is 0.0337. The standard InChI is InChI=1S/C10H13NO/c1-3-5-10(4-2)11-6-8-12-9-7-11/h2,5,10H,1,6-9H2. The van der Waals surface area contributed by atoms with Gasteiger partial charge in [0.1, 0.15) is 0 Å². The summed E-state index contributed by atoms with van der Waals surface area (Å²) < 4.78 is 5.21. The molecule has 1 aliphatic rings. The van der Waals surface area contributed by atoms with Crippen molar-refractivity contribution in [3.05, 3.63) is 18.4 Å². The molecule has 1 heterocycles. The van der Waals surface area contributed by atoms with Crippen LogP contribution in [0.4, 0.5) is 0 Å². The maximum Gasteiger partial charge on any atom is 0.0973 e. The molecule has 0 aliphatic carbocycles. The monoisotopic (exact) mass is 163 g/mol. The molecule has 1 fully saturated rings. The van der Waals surface area contributed by atoms with Gasteiger partial charge in [0.15, 0.2) is 0 Å². The number of morpholine rings is 1. The van der Waals surface area contributed by atoms with Crippen LogP contribution in [0, 0.1) is 12.3 Å². The topological polar surface area (TPSA) is 12.5 Å². The maximum atomic E-state index is 5.36. The van der Waals surface area contributed by atoms with Crippen LogP contribution in [0.5, 0.6) is 0 Å². The first-order chi connectivity index (χ1) is 5.88. The van der Waals surface area contributed by atoms with Crippen molar-refractivity contribution in [1.82, 2.24) is 4.90 Å². The fraction of sp³-hybridized carbons (Fsp3) is 0.500. The third-order valence-electron chi connectivity index (χ3n) is 1.89. The van der Waals surface area contributed by atoms with Crippen molar-refractivity contribution in [2.24, 2.45) is 0 Å². The Kier molecular flexibility index (Phi) is 3.63. The average Bonchev–Trinajstić information content (AvgIpc) is 2.15. The smallest absolute Gasteiger partial charge is 0.0973 e. The Balaban J connectivity index is 2.53. The Morgan fingerprint density at radius 2 is 2.17 bits per heavy atom. The second-order valence-electron chi connectivity index (χ2n) is 2.63. The van der Waals surface area contributed by atoms with Crippen LogP contribution in [0.25, 0.3) is 0 Å². The molecular formula is C10H13NO. The van der Waals surface area contributed by atoms with Crippen molar-refractivity contribution in [3.8, 4) is 12.3 Å². The summed E-state index contributed by atoms with van der Waals surface area (Å²) in [6.07, 6.45) is 7.17. The Morgan fingerprint density at radius 3 is 2.67 bits per heavy atom. The Hall–Kier alpha value is -1.00. The molecule has 1 aliphatic heterocycles. The van der Waals surface area contributed by atoms with E-state index >= 15 is 0 Å². The Labute approximate surface area is 73.5 Å². The number of hydrogen-bond donors (Lipinski definition) is 0. The molecule has 0 saturated carbocycles. The van der Waals surface area contributed by atoms with E-state index in [9.17, 15) is 0 Å². The first-order valence-electron chi connectivity index (χ1n) is 4.02. The summed E-state index contributed by atoms with van der Waals surface area (Å²) in [7, 11) is 0. The molecule has 0 aromatic carbocycles. The number of nitrogens with zero attached hydrogens (tertiary/aromatic N) is 1. The van der Waals surface area contributed by atoms with E-state index in [1.54, 1.807) is 0 Å². The minimum atomic E-state index is 0.0337. The molecule has 12 heavy (non-hydrogen) atoms. The molecule has 2 nitrogen and oxygen atoms in total. The third kappa shape index (κ3) is 2.25. The Morgan fingerprint density at radius 1 is 1.50 bits per heavy atom. The fourth-order valence-corrected chi connectivity index (χ4v) is 1.23. The zero-order valence-electron chi connectivity index (χ0n) is 7.12. The number of terminal acetylenes is 1. The lowest BCUT2D eigenvalue weighted by Crippen LogP contribution is -2.41. The van der Waals surface area contributed by atoms with Gasteiger partial charge in [-0.3, -0.25) is 4.90 Å². The van der Waals surface area contributed by atoms with E-state index in [1.807, 2.05) is 6.08 Å². The summed E-state index contributed by atoms with van der Waals surface area (Å²) in [5, 5.41) is 0. The van der Waals surface area contributed by atoms with Gasteiger partial charge in [0.2, 0.25) is 0 Å². The predicted molar refractivity (Wildman–Crippen MR) is 48.7 cm³/mol. The van der Waals surface area contributed by atoms with E-state index in [0.717, 1.165) is 26.3 Å². The van der Waals surface area contributed by atoms with Crippen LogP contribution in [0.2, 0.25) is 0 Å². The lowest BCUT2D eigenvalue weighted by molar-refractivity contribution is 0.0344. The first kappa shape index (κ1) is 9.09. The van der Waals surface area contributed by atoms with Crippen LogP contribution in [-0.4, -0.2) is 37.2 Å². The van der Waals surface area contributed by atoms with Crippen molar-refractivity contribution in [2.45, 2.75) is 6.04 Å². The van der Waals surface area contributed by atoms with Crippen LogP contribution in [0.1, 0.15) is 0 Å². The molecule has 1 unspecified atom stereocenters. The predicted octanol–water partition coefficient (Wildman–Crippen LogP) is 0.661. The minimum absolute atomic E-state index is 0.0337. The molecule has 1 saturated heterocycles. The SMILES string of the molecule is C#CC(C=C=C)N1CCOCC1. The molecule has 0 aromatic heterocycles. The van der Waals surface area contributed by atoms with Gasteiger partial charge in [-0.15, -0.1) is 12.2 Å². The second kappa shape index (κ2) is 4.79. The van der Waals surface area contributed by atoms with E-state index in [4.69, 9.17) is 11.2 Å². The summed E-state index contributed by atoms with van der Waals surface area (Å²) in [5.41, 5.74) is 2.72. The second-order valence-corrected chi connectivity index (χ2v) is 2.63. The highest BCUT2D eigenvalue weighted by molar-refractivity contribution is 5.10. The van der Waals surface area contributed by atoms with Gasteiger partial charge in [-0.05, 0) is 6.08 Å². The molecule has 1 rings (SSSR count). The van der Waals surface area contributed by atoms with Crippen LogP contribution >= 0.6 is 0 Å². The van der Waals surface area contributed by atoms with Crippen LogP contribution in [0.15, 0.2) is 18.4 Å². The largest absolute Gasteiger partial charge is 0.379 e. The molecule has 2 heteroatoms. The van der Waals surface area contributed by atoms with E-state index in [-0.39, 0.29) is 6.04 Å². The van der Waals surface area contributed by atoms with Crippen molar-refractivity contribution >= 4 is 0 Å². The van der Waals surface area contributed by atoms with Crippen molar-refractivity contribution < 1.29 is 4.74 Å². The molecule has 0 radical (unpaired) electrons. The molecule has 0 N–H and O–H groups in total. The minimum Gasteiger partial charge on any atom is -0.379 e. The van der Waals surface area contributed by atoms with Gasteiger partial charge in [0, 0.05) is 13.1 Å². The number of hydrogen-bond acceptors (Lipinski definition) is 2. The molecule has 64 valence electrons. The third-order valence-corrected chi connectivity index (χ3v) is 1.89.